The van der Waals surface area contributed by atoms with Crippen LogP contribution in [0.1, 0.15) is 70.3 Å². The average molecular weight is 735 g/mol. The van der Waals surface area contributed by atoms with E-state index in [-0.39, 0.29) is 25.7 Å². The van der Waals surface area contributed by atoms with Gasteiger partial charge in [0.2, 0.25) is 20.9 Å². The minimum absolute atomic E-state index is 0.0323. The molecule has 0 saturated carbocycles. The second-order valence-corrected chi connectivity index (χ2v) is 16.6. The highest BCUT2D eigenvalue weighted by Crippen LogP contribution is 2.58. The maximum atomic E-state index is 13.7. The van der Waals surface area contributed by atoms with E-state index < -0.39 is 80.8 Å². The molecule has 4 aliphatic heterocycles. The van der Waals surface area contributed by atoms with Gasteiger partial charge in [-0.15, -0.1) is 0 Å². The molecule has 0 bridgehead atoms. The fraction of sp³-hybridized carbons (Fsp3) is 0.639. The van der Waals surface area contributed by atoms with Crippen LogP contribution in [0.3, 0.4) is 0 Å². The molecule has 0 radical (unpaired) electrons. The van der Waals surface area contributed by atoms with Crippen LogP contribution in [-0.4, -0.2) is 98.7 Å². The van der Waals surface area contributed by atoms with Crippen molar-refractivity contribution >= 4 is 14.3 Å². The van der Waals surface area contributed by atoms with Crippen molar-refractivity contribution in [3.05, 3.63) is 41.0 Å². The summed E-state index contributed by atoms with van der Waals surface area (Å²) in [4.78, 5) is 13.7. The summed E-state index contributed by atoms with van der Waals surface area (Å²) < 4.78 is 66.0. The van der Waals surface area contributed by atoms with Crippen LogP contribution in [0.25, 0.3) is 0 Å². The Morgan fingerprint density at radius 3 is 2.20 bits per heavy atom. The molecule has 0 amide bonds. The summed E-state index contributed by atoms with van der Waals surface area (Å²) in [6.07, 6.45) is -6.83. The van der Waals surface area contributed by atoms with Crippen molar-refractivity contribution in [3.63, 3.8) is 0 Å². The van der Waals surface area contributed by atoms with Gasteiger partial charge < -0.3 is 61.9 Å². The SMILES string of the molecule is COc1cc([C@@H]2c3cc4c(cc3[C@@H](O[C@@H]3O[C@@H]5CO[C@@H](C)OC5[C@H](O)[C@H]3O)[C@H]3COC(=O)[C@H]23)OCO4)cc(OC)c1OP(OC(C)(C)C)C(C)C. The van der Waals surface area contributed by atoms with Gasteiger partial charge in [0.05, 0.1) is 45.1 Å². The summed E-state index contributed by atoms with van der Waals surface area (Å²) in [7, 11) is 1.71. The number of carbonyl (C=O) groups excluding carboxylic acids is 1. The fourth-order valence-electron chi connectivity index (χ4n) is 7.40. The average Bonchev–Trinajstić information content (AvgIpc) is 3.71. The first-order chi connectivity index (χ1) is 24.3. The lowest BCUT2D eigenvalue weighted by Crippen LogP contribution is -2.63. The van der Waals surface area contributed by atoms with Gasteiger partial charge in [-0.05, 0) is 68.7 Å². The van der Waals surface area contributed by atoms with Crippen molar-refractivity contribution in [1.82, 2.24) is 0 Å². The quantitative estimate of drug-likeness (QED) is 0.273. The molecule has 2 aromatic rings. The van der Waals surface area contributed by atoms with E-state index in [2.05, 4.69) is 0 Å². The number of esters is 1. The van der Waals surface area contributed by atoms with E-state index in [1.54, 1.807) is 21.1 Å². The molecular formula is C36H47O14P. The Hall–Kier alpha value is -2.94. The van der Waals surface area contributed by atoms with Crippen LogP contribution in [0.2, 0.25) is 0 Å². The number of rotatable bonds is 9. The molecule has 4 heterocycles. The van der Waals surface area contributed by atoms with Crippen molar-refractivity contribution in [2.75, 3.05) is 34.2 Å². The van der Waals surface area contributed by atoms with Crippen molar-refractivity contribution in [1.29, 1.82) is 0 Å². The fourth-order valence-corrected chi connectivity index (χ4v) is 8.76. The molecule has 3 saturated heterocycles. The summed E-state index contributed by atoms with van der Waals surface area (Å²) in [6.45, 7) is 11.9. The predicted octanol–water partition coefficient (Wildman–Crippen LogP) is 4.55. The number of hydrogen-bond donors (Lipinski definition) is 2. The second-order valence-electron chi connectivity index (χ2n) is 14.6. The van der Waals surface area contributed by atoms with Gasteiger partial charge >= 0.3 is 5.97 Å². The first-order valence-electron chi connectivity index (χ1n) is 17.2. The second kappa shape index (κ2) is 14.1. The lowest BCUT2D eigenvalue weighted by atomic mass is 9.66. The normalized spacial score (nSPS) is 33.2. The van der Waals surface area contributed by atoms with Gasteiger partial charge in [0.15, 0.2) is 35.6 Å². The first kappa shape index (κ1) is 36.4. The zero-order valence-electron chi connectivity index (χ0n) is 30.0. The van der Waals surface area contributed by atoms with Crippen LogP contribution < -0.4 is 23.5 Å². The summed E-state index contributed by atoms with van der Waals surface area (Å²) >= 11 is 0. The molecule has 3 fully saturated rings. The third kappa shape index (κ3) is 6.86. The highest BCUT2D eigenvalue weighted by Gasteiger charge is 2.56. The van der Waals surface area contributed by atoms with E-state index in [0.29, 0.717) is 39.9 Å². The minimum atomic E-state index is -1.44. The van der Waals surface area contributed by atoms with Crippen molar-refractivity contribution in [3.8, 4) is 28.7 Å². The van der Waals surface area contributed by atoms with E-state index in [1.165, 1.54) is 0 Å². The highest BCUT2D eigenvalue weighted by molar-refractivity contribution is 7.48. The molecular weight excluding hydrogens is 687 g/mol. The Morgan fingerprint density at radius 1 is 0.902 bits per heavy atom. The Morgan fingerprint density at radius 2 is 1.57 bits per heavy atom. The smallest absolute Gasteiger partial charge is 0.310 e. The largest absolute Gasteiger partial charge is 0.493 e. The number of aliphatic hydroxyl groups excluding tert-OH is 2. The van der Waals surface area contributed by atoms with Gasteiger partial charge in [-0.2, -0.15) is 0 Å². The van der Waals surface area contributed by atoms with Crippen LogP contribution in [-0.2, 0) is 33.0 Å². The van der Waals surface area contributed by atoms with Gasteiger partial charge in [0.25, 0.3) is 0 Å². The zero-order valence-corrected chi connectivity index (χ0v) is 30.9. The molecule has 15 heteroatoms. The lowest BCUT2D eigenvalue weighted by Gasteiger charge is -2.47. The summed E-state index contributed by atoms with van der Waals surface area (Å²) in [5, 5.41) is 22.3. The number of aliphatic hydroxyl groups is 2. The molecule has 11 atom stereocenters. The van der Waals surface area contributed by atoms with Crippen LogP contribution in [0.4, 0.5) is 0 Å². The Labute approximate surface area is 298 Å². The van der Waals surface area contributed by atoms with E-state index in [0.717, 1.165) is 5.56 Å². The number of hydrogen-bond acceptors (Lipinski definition) is 14. The highest BCUT2D eigenvalue weighted by atomic mass is 31.2. The maximum absolute atomic E-state index is 13.7. The first-order valence-corrected chi connectivity index (χ1v) is 18.5. The number of carbonyl (C=O) groups is 1. The third-order valence-electron chi connectivity index (χ3n) is 9.69. The Balaban J connectivity index is 1.29. The number of benzene rings is 2. The number of methoxy groups -OCH3 is 2. The molecule has 2 N–H and O–H groups in total. The number of fused-ring (bicyclic) bond motifs is 4. The Bertz CT molecular complexity index is 1580. The third-order valence-corrected chi connectivity index (χ3v) is 11.6. The van der Waals surface area contributed by atoms with E-state index in [9.17, 15) is 15.0 Å². The minimum Gasteiger partial charge on any atom is -0.493 e. The Kier molecular flexibility index (Phi) is 10.1. The van der Waals surface area contributed by atoms with Crippen LogP contribution in [0, 0.1) is 11.8 Å². The summed E-state index contributed by atoms with van der Waals surface area (Å²) in [5.74, 6) is 0.0425. The van der Waals surface area contributed by atoms with E-state index >= 15 is 0 Å². The van der Waals surface area contributed by atoms with Gasteiger partial charge in [0, 0.05) is 17.5 Å². The van der Waals surface area contributed by atoms with Gasteiger partial charge in [-0.25, -0.2) is 0 Å². The van der Waals surface area contributed by atoms with Crippen LogP contribution >= 0.6 is 8.38 Å². The van der Waals surface area contributed by atoms with Crippen LogP contribution in [0.5, 0.6) is 28.7 Å². The van der Waals surface area contributed by atoms with Crippen molar-refractivity contribution in [2.45, 2.75) is 102 Å². The molecule has 2 unspecified atom stereocenters. The number of ether oxygens (including phenoxy) is 9. The molecule has 0 aromatic heterocycles. The molecule has 0 spiro atoms. The van der Waals surface area contributed by atoms with Crippen molar-refractivity contribution in [2.24, 2.45) is 11.8 Å². The van der Waals surface area contributed by atoms with Crippen LogP contribution in [0.15, 0.2) is 24.3 Å². The molecule has 280 valence electrons. The van der Waals surface area contributed by atoms with Gasteiger partial charge in [0.1, 0.15) is 24.4 Å². The molecule has 5 aliphatic rings. The molecule has 2 aromatic carbocycles. The van der Waals surface area contributed by atoms with E-state index in [4.69, 9.17) is 51.7 Å². The van der Waals surface area contributed by atoms with Gasteiger partial charge in [-0.1, -0.05) is 13.8 Å². The predicted molar refractivity (Wildman–Crippen MR) is 180 cm³/mol. The molecule has 1 aliphatic carbocycles. The van der Waals surface area contributed by atoms with Crippen molar-refractivity contribution < 1.29 is 66.7 Å². The van der Waals surface area contributed by atoms with E-state index in [1.807, 2.05) is 58.9 Å². The van der Waals surface area contributed by atoms with Gasteiger partial charge in [-0.3, -0.25) is 4.79 Å². The maximum Gasteiger partial charge on any atom is 0.310 e. The molecule has 51 heavy (non-hydrogen) atoms. The molecule has 7 rings (SSSR count). The zero-order chi connectivity index (χ0) is 36.4. The lowest BCUT2D eigenvalue weighted by molar-refractivity contribution is -0.364. The summed E-state index contributed by atoms with van der Waals surface area (Å²) in [5.41, 5.74) is 1.76. The monoisotopic (exact) mass is 734 g/mol. The standard InChI is InChI=1S/C36H47O14P/c1-16(2)51(50-36(4,5)6)49-32-24(40-7)9-18(10-25(32)41-8)27-19-11-22-23(45-15-44-22)12-20(19)31(21-13-43-34(39)28(21)27)48-35-30(38)29(37)33-26(47-35)14-42-17(3)46-33/h9-12,16-17,21,26-31,33,35,37-38H,13-15H2,1-8H3/t17-,21+,26-,27-,28+,29-,30-,31-,33?,35+,51?/m1/s1. The molecule has 14 nitrogen and oxygen atoms in total. The topological polar surface area (TPSA) is 159 Å². The number of cyclic esters (lactones) is 1. The summed E-state index contributed by atoms with van der Waals surface area (Å²) in [6, 6.07) is 7.38.